The van der Waals surface area contributed by atoms with Gasteiger partial charge in [-0.1, -0.05) is 30.3 Å². The van der Waals surface area contributed by atoms with E-state index < -0.39 is 5.60 Å². The molecular weight excluding hydrogens is 238 g/mol. The van der Waals surface area contributed by atoms with Crippen LogP contribution in [-0.2, 0) is 4.79 Å². The minimum atomic E-state index is -0.875. The zero-order valence-corrected chi connectivity index (χ0v) is 12.2. The van der Waals surface area contributed by atoms with Crippen LogP contribution in [0.5, 0.6) is 0 Å². The average Bonchev–Trinajstić information content (AvgIpc) is 2.35. The molecule has 1 aromatic rings. The van der Waals surface area contributed by atoms with E-state index in [0.717, 1.165) is 11.1 Å². The van der Waals surface area contributed by atoms with Crippen molar-refractivity contribution in [2.24, 2.45) is 0 Å². The van der Waals surface area contributed by atoms with E-state index in [-0.39, 0.29) is 5.91 Å². The Labute approximate surface area is 115 Å². The summed E-state index contributed by atoms with van der Waals surface area (Å²) in [5, 5.41) is 9.80. The van der Waals surface area contributed by atoms with Crippen LogP contribution < -0.4 is 0 Å². The van der Waals surface area contributed by atoms with E-state index in [1.165, 1.54) is 0 Å². The van der Waals surface area contributed by atoms with E-state index in [4.69, 9.17) is 0 Å². The lowest BCUT2D eigenvalue weighted by Crippen LogP contribution is -2.41. The van der Waals surface area contributed by atoms with E-state index in [9.17, 15) is 9.90 Å². The van der Waals surface area contributed by atoms with Crippen molar-refractivity contribution in [3.63, 3.8) is 0 Å². The number of carbonyl (C=O) groups excluding carboxylic acids is 1. The minimum absolute atomic E-state index is 0.0639. The van der Waals surface area contributed by atoms with Gasteiger partial charge in [0.2, 0.25) is 5.91 Å². The summed E-state index contributed by atoms with van der Waals surface area (Å²) in [5.41, 5.74) is 1.09. The minimum Gasteiger partial charge on any atom is -0.389 e. The highest BCUT2D eigenvalue weighted by molar-refractivity contribution is 5.94. The summed E-state index contributed by atoms with van der Waals surface area (Å²) in [6, 6.07) is 9.80. The molecule has 0 aliphatic rings. The van der Waals surface area contributed by atoms with Crippen LogP contribution in [0, 0.1) is 0 Å². The van der Waals surface area contributed by atoms with Gasteiger partial charge in [0.15, 0.2) is 0 Å². The fourth-order valence-electron chi connectivity index (χ4n) is 1.87. The predicted molar refractivity (Wildman–Crippen MR) is 78.6 cm³/mol. The number of aliphatic hydroxyl groups is 1. The van der Waals surface area contributed by atoms with Gasteiger partial charge in [0.1, 0.15) is 0 Å². The highest BCUT2D eigenvalue weighted by atomic mass is 16.3. The van der Waals surface area contributed by atoms with Crippen molar-refractivity contribution < 1.29 is 9.90 Å². The molecule has 3 heteroatoms. The van der Waals surface area contributed by atoms with Crippen molar-refractivity contribution in [2.75, 3.05) is 13.1 Å². The Morgan fingerprint density at radius 2 is 1.89 bits per heavy atom. The molecule has 1 rings (SSSR count). The third kappa shape index (κ3) is 5.26. The summed E-state index contributed by atoms with van der Waals surface area (Å²) < 4.78 is 0. The van der Waals surface area contributed by atoms with Crippen LogP contribution in [0.15, 0.2) is 36.4 Å². The van der Waals surface area contributed by atoms with E-state index in [0.29, 0.717) is 13.1 Å². The maximum atomic E-state index is 12.2. The molecule has 1 amide bonds. The first-order valence-electron chi connectivity index (χ1n) is 6.58. The van der Waals surface area contributed by atoms with Crippen LogP contribution in [-0.4, -0.2) is 34.6 Å². The lowest BCUT2D eigenvalue weighted by atomic mass is 10.1. The quantitative estimate of drug-likeness (QED) is 0.828. The number of rotatable bonds is 5. The van der Waals surface area contributed by atoms with E-state index in [1.54, 1.807) is 24.8 Å². The second-order valence-corrected chi connectivity index (χ2v) is 5.36. The molecule has 0 unspecified atom stereocenters. The summed E-state index contributed by atoms with van der Waals surface area (Å²) in [6.45, 7) is 8.16. The van der Waals surface area contributed by atoms with Crippen LogP contribution >= 0.6 is 0 Å². The highest BCUT2D eigenvalue weighted by Crippen LogP contribution is 2.14. The van der Waals surface area contributed by atoms with Gasteiger partial charge >= 0.3 is 0 Å². The molecule has 0 aliphatic heterocycles. The zero-order valence-electron chi connectivity index (χ0n) is 12.2. The summed E-state index contributed by atoms with van der Waals surface area (Å²) >= 11 is 0. The topological polar surface area (TPSA) is 40.5 Å². The van der Waals surface area contributed by atoms with Crippen LogP contribution in [0.1, 0.15) is 33.3 Å². The smallest absolute Gasteiger partial charge is 0.246 e. The van der Waals surface area contributed by atoms with Gasteiger partial charge in [0, 0.05) is 19.2 Å². The molecule has 0 saturated carbocycles. The Kier molecular flexibility index (Phi) is 5.31. The number of hydrogen-bond acceptors (Lipinski definition) is 2. The van der Waals surface area contributed by atoms with E-state index >= 15 is 0 Å². The van der Waals surface area contributed by atoms with Crippen molar-refractivity contribution in [2.45, 2.75) is 33.3 Å². The third-order valence-electron chi connectivity index (χ3n) is 2.84. The predicted octanol–water partition coefficient (Wildman–Crippen LogP) is 2.71. The van der Waals surface area contributed by atoms with Gasteiger partial charge in [0.05, 0.1) is 5.60 Å². The summed E-state index contributed by atoms with van der Waals surface area (Å²) in [7, 11) is 0. The fraction of sp³-hybridized carbons (Fsp3) is 0.438. The molecule has 1 N–H and O–H groups in total. The number of benzene rings is 1. The molecular formula is C16H23NO2. The molecule has 104 valence electrons. The van der Waals surface area contributed by atoms with Crippen LogP contribution in [0.3, 0.4) is 0 Å². The molecule has 0 atom stereocenters. The SMILES string of the molecule is CCN(CC(C)(C)O)C(=O)C=C(C)c1ccccc1. The first-order chi connectivity index (χ1) is 8.83. The molecule has 1 aromatic carbocycles. The normalized spacial score (nSPS) is 12.4. The lowest BCUT2D eigenvalue weighted by molar-refractivity contribution is -0.128. The van der Waals surface area contributed by atoms with Gasteiger partial charge in [-0.05, 0) is 38.8 Å². The number of nitrogens with zero attached hydrogens (tertiary/aromatic N) is 1. The van der Waals surface area contributed by atoms with Gasteiger partial charge < -0.3 is 10.0 Å². The van der Waals surface area contributed by atoms with Crippen LogP contribution in [0.4, 0.5) is 0 Å². The molecule has 0 bridgehead atoms. The monoisotopic (exact) mass is 261 g/mol. The van der Waals surface area contributed by atoms with Gasteiger partial charge in [-0.25, -0.2) is 0 Å². The Hall–Kier alpha value is -1.61. The average molecular weight is 261 g/mol. The molecule has 3 nitrogen and oxygen atoms in total. The molecule has 0 fully saturated rings. The first-order valence-corrected chi connectivity index (χ1v) is 6.58. The van der Waals surface area contributed by atoms with Gasteiger partial charge in [0.25, 0.3) is 0 Å². The number of allylic oxidation sites excluding steroid dienone is 1. The van der Waals surface area contributed by atoms with Crippen molar-refractivity contribution in [3.05, 3.63) is 42.0 Å². The number of hydrogen-bond donors (Lipinski definition) is 1. The van der Waals surface area contributed by atoms with Crippen LogP contribution in [0.2, 0.25) is 0 Å². The number of carbonyl (C=O) groups is 1. The maximum absolute atomic E-state index is 12.2. The number of amides is 1. The van der Waals surface area contributed by atoms with Crippen molar-refractivity contribution >= 4 is 11.5 Å². The molecule has 0 aromatic heterocycles. The summed E-state index contributed by atoms with van der Waals surface area (Å²) in [5.74, 6) is -0.0639. The molecule has 0 heterocycles. The summed E-state index contributed by atoms with van der Waals surface area (Å²) in [6.07, 6.45) is 1.63. The third-order valence-corrected chi connectivity index (χ3v) is 2.84. The molecule has 0 radical (unpaired) electrons. The molecule has 0 aliphatic carbocycles. The largest absolute Gasteiger partial charge is 0.389 e. The standard InChI is InChI=1S/C16H23NO2/c1-5-17(12-16(3,4)19)15(18)11-13(2)14-9-7-6-8-10-14/h6-11,19H,5,12H2,1-4H3. The Morgan fingerprint density at radius 3 is 2.37 bits per heavy atom. The van der Waals surface area contributed by atoms with Gasteiger partial charge in [-0.3, -0.25) is 4.79 Å². The van der Waals surface area contributed by atoms with Crippen molar-refractivity contribution in [3.8, 4) is 0 Å². The number of likely N-dealkylation sites (N-methyl/N-ethyl adjacent to an activating group) is 1. The van der Waals surface area contributed by atoms with Crippen molar-refractivity contribution in [1.29, 1.82) is 0 Å². The van der Waals surface area contributed by atoms with Crippen molar-refractivity contribution in [1.82, 2.24) is 4.90 Å². The second-order valence-electron chi connectivity index (χ2n) is 5.36. The zero-order chi connectivity index (χ0) is 14.5. The maximum Gasteiger partial charge on any atom is 0.246 e. The van der Waals surface area contributed by atoms with Gasteiger partial charge in [-0.15, -0.1) is 0 Å². The van der Waals surface area contributed by atoms with Crippen LogP contribution in [0.25, 0.3) is 5.57 Å². The first kappa shape index (κ1) is 15.4. The highest BCUT2D eigenvalue weighted by Gasteiger charge is 2.20. The molecule has 0 spiro atoms. The Bertz CT molecular complexity index is 444. The van der Waals surface area contributed by atoms with Gasteiger partial charge in [-0.2, -0.15) is 0 Å². The molecule has 0 saturated heterocycles. The Morgan fingerprint density at radius 1 is 1.32 bits per heavy atom. The second kappa shape index (κ2) is 6.53. The fourth-order valence-corrected chi connectivity index (χ4v) is 1.87. The van der Waals surface area contributed by atoms with E-state index in [2.05, 4.69) is 0 Å². The summed E-state index contributed by atoms with van der Waals surface area (Å²) in [4.78, 5) is 13.8. The van der Waals surface area contributed by atoms with E-state index in [1.807, 2.05) is 44.2 Å². The Balaban J connectivity index is 2.82. The lowest BCUT2D eigenvalue weighted by Gasteiger charge is -2.27. The molecule has 19 heavy (non-hydrogen) atoms.